The first-order valence-corrected chi connectivity index (χ1v) is 10.1. The molecule has 6 rings (SSSR count). The van der Waals surface area contributed by atoms with Gasteiger partial charge < -0.3 is 0 Å². The third-order valence-corrected chi connectivity index (χ3v) is 6.26. The van der Waals surface area contributed by atoms with E-state index in [9.17, 15) is 0 Å². The zero-order valence-electron chi connectivity index (χ0n) is 16.5. The minimum atomic E-state index is 0.0692. The third kappa shape index (κ3) is 1.90. The summed E-state index contributed by atoms with van der Waals surface area (Å²) in [5.41, 5.74) is 1.52. The normalized spacial score (nSPS) is 12.8. The predicted octanol–water partition coefficient (Wildman–Crippen LogP) is 8.19. The maximum Gasteiger partial charge on any atom is -0.00139 e. The number of hydrogen-bond donors (Lipinski definition) is 0. The Morgan fingerprint density at radius 1 is 0.429 bits per heavy atom. The van der Waals surface area contributed by atoms with Crippen LogP contribution in [0.15, 0.2) is 78.9 Å². The molecule has 6 aromatic rings. The van der Waals surface area contributed by atoms with Gasteiger partial charge in [-0.05, 0) is 64.8 Å². The van der Waals surface area contributed by atoms with E-state index in [0.29, 0.717) is 0 Å². The Morgan fingerprint density at radius 2 is 0.893 bits per heavy atom. The lowest BCUT2D eigenvalue weighted by Crippen LogP contribution is -2.13. The van der Waals surface area contributed by atoms with Crippen molar-refractivity contribution in [3.8, 4) is 0 Å². The van der Waals surface area contributed by atoms with Crippen LogP contribution in [0.5, 0.6) is 0 Å². The van der Waals surface area contributed by atoms with Gasteiger partial charge in [-0.1, -0.05) is 99.6 Å². The molecule has 0 heteroatoms. The van der Waals surface area contributed by atoms with E-state index in [2.05, 4.69) is 99.6 Å². The Labute approximate surface area is 164 Å². The molecule has 0 atom stereocenters. The molecule has 134 valence electrons. The number of hydrogen-bond acceptors (Lipinski definition) is 0. The minimum absolute atomic E-state index is 0.0692. The van der Waals surface area contributed by atoms with Gasteiger partial charge in [-0.25, -0.2) is 0 Å². The SMILES string of the molecule is CC(C)(C)c1c2ccccc2c2c3cccc4cccc(c5cccc1c52)c43. The summed E-state index contributed by atoms with van der Waals surface area (Å²) in [5.74, 6) is 0. The summed E-state index contributed by atoms with van der Waals surface area (Å²) in [6.45, 7) is 7.00. The average molecular weight is 358 g/mol. The van der Waals surface area contributed by atoms with E-state index in [-0.39, 0.29) is 5.41 Å². The summed E-state index contributed by atoms with van der Waals surface area (Å²) in [4.78, 5) is 0. The van der Waals surface area contributed by atoms with E-state index in [1.165, 1.54) is 59.4 Å². The van der Waals surface area contributed by atoms with Crippen LogP contribution in [0, 0.1) is 0 Å². The van der Waals surface area contributed by atoms with E-state index in [1.807, 2.05) is 0 Å². The quantitative estimate of drug-likeness (QED) is 0.190. The molecule has 0 aliphatic carbocycles. The zero-order chi connectivity index (χ0) is 19.0. The second-order valence-corrected chi connectivity index (χ2v) is 8.98. The van der Waals surface area contributed by atoms with Crippen molar-refractivity contribution >= 4 is 53.9 Å². The molecular formula is C28H22. The van der Waals surface area contributed by atoms with Crippen LogP contribution in [0.1, 0.15) is 26.3 Å². The van der Waals surface area contributed by atoms with Gasteiger partial charge in [-0.3, -0.25) is 0 Å². The second kappa shape index (κ2) is 5.23. The Morgan fingerprint density at radius 3 is 1.61 bits per heavy atom. The van der Waals surface area contributed by atoms with Gasteiger partial charge in [0.05, 0.1) is 0 Å². The smallest absolute Gasteiger partial charge is 0.00139 e. The summed E-state index contributed by atoms with van der Waals surface area (Å²) >= 11 is 0. The monoisotopic (exact) mass is 358 g/mol. The van der Waals surface area contributed by atoms with Crippen molar-refractivity contribution in [2.75, 3.05) is 0 Å². The average Bonchev–Trinajstić information content (AvgIpc) is 2.69. The van der Waals surface area contributed by atoms with E-state index in [0.717, 1.165) is 0 Å². The summed E-state index contributed by atoms with van der Waals surface area (Å²) in [6, 6.07) is 29.3. The first-order chi connectivity index (χ1) is 13.6. The summed E-state index contributed by atoms with van der Waals surface area (Å²) < 4.78 is 0. The number of benzene rings is 6. The van der Waals surface area contributed by atoms with Crippen molar-refractivity contribution in [1.29, 1.82) is 0 Å². The van der Waals surface area contributed by atoms with Crippen LogP contribution in [0.2, 0.25) is 0 Å². The molecule has 6 aromatic carbocycles. The highest BCUT2D eigenvalue weighted by Gasteiger charge is 2.24. The summed E-state index contributed by atoms with van der Waals surface area (Å²) in [5, 5.41) is 13.8. The Hall–Kier alpha value is -3.12. The van der Waals surface area contributed by atoms with Gasteiger partial charge in [0.25, 0.3) is 0 Å². The van der Waals surface area contributed by atoms with Crippen molar-refractivity contribution in [2.24, 2.45) is 0 Å². The molecule has 0 bridgehead atoms. The molecule has 0 radical (unpaired) electrons. The summed E-state index contributed by atoms with van der Waals surface area (Å²) in [7, 11) is 0. The largest absolute Gasteiger partial charge is 0.0616 e. The van der Waals surface area contributed by atoms with Crippen molar-refractivity contribution in [3.05, 3.63) is 84.4 Å². The van der Waals surface area contributed by atoms with Crippen molar-refractivity contribution in [1.82, 2.24) is 0 Å². The fourth-order valence-electron chi connectivity index (χ4n) is 5.31. The van der Waals surface area contributed by atoms with Crippen molar-refractivity contribution in [3.63, 3.8) is 0 Å². The fourth-order valence-corrected chi connectivity index (χ4v) is 5.31. The molecule has 0 nitrogen and oxygen atoms in total. The van der Waals surface area contributed by atoms with Gasteiger partial charge in [-0.2, -0.15) is 0 Å². The zero-order valence-corrected chi connectivity index (χ0v) is 16.5. The van der Waals surface area contributed by atoms with Gasteiger partial charge in [0.2, 0.25) is 0 Å². The van der Waals surface area contributed by atoms with Gasteiger partial charge >= 0.3 is 0 Å². The van der Waals surface area contributed by atoms with Crippen LogP contribution in [0.25, 0.3) is 53.9 Å². The third-order valence-electron chi connectivity index (χ3n) is 6.26. The molecule has 0 aliphatic rings. The molecule has 0 aromatic heterocycles. The molecule has 0 spiro atoms. The number of fused-ring (bicyclic) bond motifs is 4. The summed E-state index contributed by atoms with van der Waals surface area (Å²) in [6.07, 6.45) is 0. The molecule has 0 amide bonds. The molecular weight excluding hydrogens is 336 g/mol. The van der Waals surface area contributed by atoms with Gasteiger partial charge in [0.15, 0.2) is 0 Å². The molecule has 0 aliphatic heterocycles. The second-order valence-electron chi connectivity index (χ2n) is 8.98. The molecule has 0 N–H and O–H groups in total. The maximum atomic E-state index is 2.33. The molecule has 0 fully saturated rings. The van der Waals surface area contributed by atoms with Crippen LogP contribution in [0.3, 0.4) is 0 Å². The van der Waals surface area contributed by atoms with Crippen molar-refractivity contribution < 1.29 is 0 Å². The van der Waals surface area contributed by atoms with E-state index in [4.69, 9.17) is 0 Å². The molecule has 0 saturated carbocycles. The highest BCUT2D eigenvalue weighted by atomic mass is 14.3. The van der Waals surface area contributed by atoms with Gasteiger partial charge in [0.1, 0.15) is 0 Å². The molecule has 28 heavy (non-hydrogen) atoms. The topological polar surface area (TPSA) is 0 Å². The molecule has 0 heterocycles. The Balaban J connectivity index is 2.10. The van der Waals surface area contributed by atoms with Gasteiger partial charge in [0, 0.05) is 0 Å². The first kappa shape index (κ1) is 15.9. The van der Waals surface area contributed by atoms with E-state index in [1.54, 1.807) is 0 Å². The van der Waals surface area contributed by atoms with Crippen LogP contribution >= 0.6 is 0 Å². The van der Waals surface area contributed by atoms with Crippen LogP contribution in [-0.2, 0) is 5.41 Å². The fraction of sp³-hybridized carbons (Fsp3) is 0.143. The van der Waals surface area contributed by atoms with Crippen molar-refractivity contribution in [2.45, 2.75) is 26.2 Å². The van der Waals surface area contributed by atoms with Crippen LogP contribution in [-0.4, -0.2) is 0 Å². The minimum Gasteiger partial charge on any atom is -0.0616 e. The lowest BCUT2D eigenvalue weighted by atomic mass is 9.77. The lowest BCUT2D eigenvalue weighted by molar-refractivity contribution is 0.601. The first-order valence-electron chi connectivity index (χ1n) is 10.1. The standard InChI is InChI=1S/C28H22/c1-28(2,3)27-21-12-5-4-11-20(21)25-22-15-7-10-17-9-6-13-18(24(17)22)19-14-8-16-23(27)26(19)25/h4-16H,1-3H3. The van der Waals surface area contributed by atoms with Gasteiger partial charge in [-0.15, -0.1) is 0 Å². The maximum absolute atomic E-state index is 2.33. The van der Waals surface area contributed by atoms with Crippen LogP contribution in [0.4, 0.5) is 0 Å². The molecule has 0 saturated heterocycles. The Bertz CT molecular complexity index is 1520. The van der Waals surface area contributed by atoms with E-state index >= 15 is 0 Å². The highest BCUT2D eigenvalue weighted by molar-refractivity contribution is 6.38. The van der Waals surface area contributed by atoms with E-state index < -0.39 is 0 Å². The Kier molecular flexibility index (Phi) is 2.97. The number of rotatable bonds is 0. The predicted molar refractivity (Wildman–Crippen MR) is 124 cm³/mol. The lowest BCUT2D eigenvalue weighted by Gasteiger charge is -2.26. The highest BCUT2D eigenvalue weighted by Crippen LogP contribution is 2.47. The molecule has 0 unspecified atom stereocenters. The van der Waals surface area contributed by atoms with Crippen LogP contribution < -0.4 is 0 Å².